The van der Waals surface area contributed by atoms with Crippen LogP contribution in [0.1, 0.15) is 20.3 Å². The molecule has 15 heavy (non-hydrogen) atoms. The Balaban J connectivity index is 2.36. The topological polar surface area (TPSA) is 58.4 Å². The Hall–Kier alpha value is -0.680. The molecule has 1 aliphatic heterocycles. The van der Waals surface area contributed by atoms with E-state index in [-0.39, 0.29) is 11.3 Å². The zero-order chi connectivity index (χ0) is 11.5. The number of hydrogen-bond acceptors (Lipinski definition) is 3. The third kappa shape index (κ3) is 3.76. The smallest absolute Gasteiger partial charge is 0.234 e. The molecule has 1 aliphatic rings. The van der Waals surface area contributed by atoms with E-state index in [1.807, 2.05) is 13.8 Å². The van der Waals surface area contributed by atoms with Crippen molar-refractivity contribution in [2.45, 2.75) is 20.3 Å². The van der Waals surface area contributed by atoms with Crippen molar-refractivity contribution in [2.75, 3.05) is 26.2 Å². The summed E-state index contributed by atoms with van der Waals surface area (Å²) in [6.45, 7) is 7.11. The Morgan fingerprint density at radius 3 is 2.87 bits per heavy atom. The van der Waals surface area contributed by atoms with Gasteiger partial charge in [-0.15, -0.1) is 0 Å². The normalized spacial score (nSPS) is 18.7. The van der Waals surface area contributed by atoms with Crippen molar-refractivity contribution in [1.29, 1.82) is 0 Å². The van der Waals surface area contributed by atoms with Gasteiger partial charge in [0.05, 0.1) is 11.5 Å². The Kier molecular flexibility index (Phi) is 4.04. The van der Waals surface area contributed by atoms with Crippen LogP contribution in [0.5, 0.6) is 0 Å². The third-order valence-corrected chi connectivity index (χ3v) is 3.39. The predicted octanol–water partition coefficient (Wildman–Crippen LogP) is 0.121. The number of hydrogen-bond donors (Lipinski definition) is 2. The van der Waals surface area contributed by atoms with Crippen LogP contribution in [-0.2, 0) is 4.79 Å². The van der Waals surface area contributed by atoms with Crippen molar-refractivity contribution in [3.8, 4) is 0 Å². The average molecular weight is 229 g/mol. The first-order valence-corrected chi connectivity index (χ1v) is 5.61. The molecule has 3 N–H and O–H groups in total. The van der Waals surface area contributed by atoms with Crippen LogP contribution in [0.3, 0.4) is 0 Å². The molecule has 0 unspecified atom stereocenters. The van der Waals surface area contributed by atoms with Crippen molar-refractivity contribution in [2.24, 2.45) is 11.1 Å². The summed E-state index contributed by atoms with van der Waals surface area (Å²) in [6.07, 6.45) is 0.898. The lowest BCUT2D eigenvalue weighted by Gasteiger charge is -2.30. The van der Waals surface area contributed by atoms with E-state index in [4.69, 9.17) is 18.0 Å². The first kappa shape index (κ1) is 12.4. The van der Waals surface area contributed by atoms with Crippen LogP contribution in [0.15, 0.2) is 0 Å². The van der Waals surface area contributed by atoms with Gasteiger partial charge < -0.3 is 11.1 Å². The zero-order valence-electron chi connectivity index (χ0n) is 9.38. The fourth-order valence-corrected chi connectivity index (χ4v) is 1.55. The van der Waals surface area contributed by atoms with E-state index in [2.05, 4.69) is 10.2 Å². The molecule has 1 rings (SSSR count). The second-order valence-electron chi connectivity index (χ2n) is 4.62. The average Bonchev–Trinajstić information content (AvgIpc) is 2.15. The van der Waals surface area contributed by atoms with Crippen LogP contribution in [0.4, 0.5) is 0 Å². The summed E-state index contributed by atoms with van der Waals surface area (Å²) in [4.78, 5) is 13.8. The molecule has 4 nitrogen and oxygen atoms in total. The van der Waals surface area contributed by atoms with E-state index in [0.717, 1.165) is 26.1 Å². The van der Waals surface area contributed by atoms with Gasteiger partial charge in [-0.3, -0.25) is 9.69 Å². The molecule has 0 radical (unpaired) electrons. The molecule has 0 aromatic rings. The lowest BCUT2D eigenvalue weighted by Crippen LogP contribution is -2.48. The maximum absolute atomic E-state index is 11.1. The molecule has 0 spiro atoms. The van der Waals surface area contributed by atoms with E-state index in [1.165, 1.54) is 0 Å². The summed E-state index contributed by atoms with van der Waals surface area (Å²) in [5.74, 6) is 0.106. The van der Waals surface area contributed by atoms with Crippen LogP contribution in [0.2, 0.25) is 0 Å². The lowest BCUT2D eigenvalue weighted by atomic mass is 9.89. The highest BCUT2D eigenvalue weighted by Crippen LogP contribution is 2.21. The maximum atomic E-state index is 11.1. The lowest BCUT2D eigenvalue weighted by molar-refractivity contribution is -0.124. The summed E-state index contributed by atoms with van der Waals surface area (Å²) in [5, 5.41) is 2.80. The minimum absolute atomic E-state index is 0.106. The van der Waals surface area contributed by atoms with Gasteiger partial charge >= 0.3 is 0 Å². The fourth-order valence-electron chi connectivity index (χ4n) is 1.44. The Morgan fingerprint density at radius 1 is 1.67 bits per heavy atom. The molecule has 1 amide bonds. The van der Waals surface area contributed by atoms with Gasteiger partial charge in [0.1, 0.15) is 0 Å². The fraction of sp³-hybridized carbons (Fsp3) is 0.800. The molecule has 86 valence electrons. The van der Waals surface area contributed by atoms with E-state index < -0.39 is 0 Å². The zero-order valence-corrected chi connectivity index (χ0v) is 10.2. The standard InChI is InChI=1S/C10H19N3OS/c1-10(2,9(11)15)3-5-13-6-4-12-8(14)7-13/h3-7H2,1-2H3,(H2,11,15)(H,12,14). The number of piperazine rings is 1. The monoisotopic (exact) mass is 229 g/mol. The van der Waals surface area contributed by atoms with Gasteiger partial charge in [0.15, 0.2) is 0 Å². The molecule has 1 heterocycles. The van der Waals surface area contributed by atoms with Crippen molar-refractivity contribution < 1.29 is 4.79 Å². The quantitative estimate of drug-likeness (QED) is 0.672. The van der Waals surface area contributed by atoms with Crippen LogP contribution in [0.25, 0.3) is 0 Å². The molecule has 0 atom stereocenters. The van der Waals surface area contributed by atoms with Crippen LogP contribution in [0, 0.1) is 5.41 Å². The van der Waals surface area contributed by atoms with Crippen LogP contribution < -0.4 is 11.1 Å². The first-order chi connectivity index (χ1) is 6.92. The highest BCUT2D eigenvalue weighted by Gasteiger charge is 2.24. The third-order valence-electron chi connectivity index (χ3n) is 2.84. The van der Waals surface area contributed by atoms with E-state index in [9.17, 15) is 4.79 Å². The van der Waals surface area contributed by atoms with Crippen LogP contribution in [-0.4, -0.2) is 42.0 Å². The summed E-state index contributed by atoms with van der Waals surface area (Å²) in [5.41, 5.74) is 5.53. The molecular formula is C10H19N3OS. The van der Waals surface area contributed by atoms with Gasteiger partial charge in [-0.1, -0.05) is 26.1 Å². The number of nitrogens with one attached hydrogen (secondary N) is 1. The summed E-state index contributed by atoms with van der Waals surface area (Å²) >= 11 is 5.00. The molecule has 0 aliphatic carbocycles. The van der Waals surface area contributed by atoms with Crippen molar-refractivity contribution in [1.82, 2.24) is 10.2 Å². The van der Waals surface area contributed by atoms with Gasteiger partial charge in [0.25, 0.3) is 0 Å². The summed E-state index contributed by atoms with van der Waals surface area (Å²) in [7, 11) is 0. The molecular weight excluding hydrogens is 210 g/mol. The number of carbonyl (C=O) groups is 1. The first-order valence-electron chi connectivity index (χ1n) is 5.21. The van der Waals surface area contributed by atoms with Crippen molar-refractivity contribution >= 4 is 23.1 Å². The van der Waals surface area contributed by atoms with Gasteiger partial charge in [0, 0.05) is 18.5 Å². The Labute approximate surface area is 96.2 Å². The van der Waals surface area contributed by atoms with Crippen LogP contribution >= 0.6 is 12.2 Å². The number of nitrogens with two attached hydrogens (primary N) is 1. The molecule has 1 fully saturated rings. The summed E-state index contributed by atoms with van der Waals surface area (Å²) < 4.78 is 0. The Morgan fingerprint density at radius 2 is 2.33 bits per heavy atom. The minimum Gasteiger partial charge on any atom is -0.393 e. The Bertz CT molecular complexity index is 265. The molecule has 5 heteroatoms. The van der Waals surface area contributed by atoms with Gasteiger partial charge in [-0.2, -0.15) is 0 Å². The van der Waals surface area contributed by atoms with Gasteiger partial charge in [-0.25, -0.2) is 0 Å². The van der Waals surface area contributed by atoms with E-state index in [1.54, 1.807) is 0 Å². The highest BCUT2D eigenvalue weighted by atomic mass is 32.1. The van der Waals surface area contributed by atoms with Gasteiger partial charge in [-0.05, 0) is 13.0 Å². The maximum Gasteiger partial charge on any atom is 0.234 e. The SMILES string of the molecule is CC(C)(CCN1CCNC(=O)C1)C(N)=S. The second-order valence-corrected chi connectivity index (χ2v) is 5.06. The van der Waals surface area contributed by atoms with Gasteiger partial charge in [0.2, 0.25) is 5.91 Å². The minimum atomic E-state index is -0.122. The molecule has 0 bridgehead atoms. The van der Waals surface area contributed by atoms with E-state index in [0.29, 0.717) is 11.5 Å². The van der Waals surface area contributed by atoms with E-state index >= 15 is 0 Å². The summed E-state index contributed by atoms with van der Waals surface area (Å²) in [6, 6.07) is 0. The number of amides is 1. The second kappa shape index (κ2) is 4.90. The number of thiocarbonyl (C=S) groups is 1. The predicted molar refractivity (Wildman–Crippen MR) is 64.6 cm³/mol. The van der Waals surface area contributed by atoms with Crippen molar-refractivity contribution in [3.05, 3.63) is 0 Å². The van der Waals surface area contributed by atoms with Crippen molar-refractivity contribution in [3.63, 3.8) is 0 Å². The molecule has 0 aromatic carbocycles. The number of carbonyl (C=O) groups excluding carboxylic acids is 1. The highest BCUT2D eigenvalue weighted by molar-refractivity contribution is 7.80. The molecule has 0 saturated carbocycles. The largest absolute Gasteiger partial charge is 0.393 e. The molecule has 1 saturated heterocycles. The number of rotatable bonds is 4. The number of nitrogens with zero attached hydrogens (tertiary/aromatic N) is 1. The molecule has 0 aromatic heterocycles.